The monoisotopic (exact) mass is 760 g/mol. The molecule has 1 atom stereocenters. The van der Waals surface area contributed by atoms with E-state index in [9.17, 15) is 14.4 Å². The molecule has 1 unspecified atom stereocenters. The fraction of sp³-hybridized carbons (Fsp3) is 0.854. The van der Waals surface area contributed by atoms with Crippen LogP contribution < -0.4 is 5.32 Å². The molecule has 0 aromatic heterocycles. The van der Waals surface area contributed by atoms with E-state index in [2.05, 4.69) is 43.5 Å². The first-order valence-corrected chi connectivity index (χ1v) is 23.5. The normalized spacial score (nSPS) is 12.2. The van der Waals surface area contributed by atoms with Crippen molar-refractivity contribution in [3.63, 3.8) is 0 Å². The molecule has 0 aromatic rings. The van der Waals surface area contributed by atoms with Crippen molar-refractivity contribution in [3.05, 3.63) is 24.3 Å². The summed E-state index contributed by atoms with van der Waals surface area (Å²) < 4.78 is 6.05. The van der Waals surface area contributed by atoms with Crippen LogP contribution in [0.15, 0.2) is 24.3 Å². The first kappa shape index (κ1) is 51.9. The smallest absolute Gasteiger partial charge is 0.322 e. The fourth-order valence-corrected chi connectivity index (χ4v) is 7.14. The van der Waals surface area contributed by atoms with Crippen LogP contribution in [0.4, 0.5) is 0 Å². The molecule has 6 nitrogen and oxygen atoms in total. The van der Waals surface area contributed by atoms with Gasteiger partial charge < -0.3 is 15.2 Å². The van der Waals surface area contributed by atoms with Crippen molar-refractivity contribution in [2.45, 2.75) is 258 Å². The fourth-order valence-electron chi connectivity index (χ4n) is 7.14. The van der Waals surface area contributed by atoms with Gasteiger partial charge in [0.2, 0.25) is 5.91 Å². The molecular weight excluding hydrogens is 671 g/mol. The average molecular weight is 760 g/mol. The number of allylic oxidation sites excluding steroid dienone is 4. The summed E-state index contributed by atoms with van der Waals surface area (Å²) >= 11 is 0. The number of esters is 1. The first-order chi connectivity index (χ1) is 26.5. The van der Waals surface area contributed by atoms with Crippen LogP contribution in [-0.4, -0.2) is 35.6 Å². The molecule has 0 saturated heterocycles. The van der Waals surface area contributed by atoms with E-state index < -0.39 is 5.97 Å². The van der Waals surface area contributed by atoms with E-state index in [0.29, 0.717) is 12.8 Å². The van der Waals surface area contributed by atoms with Crippen molar-refractivity contribution in [1.82, 2.24) is 5.32 Å². The molecule has 1 amide bonds. The van der Waals surface area contributed by atoms with Crippen LogP contribution in [0.1, 0.15) is 251 Å². The molecule has 0 spiro atoms. The Kier molecular flexibility index (Phi) is 41.9. The van der Waals surface area contributed by atoms with Gasteiger partial charge in [-0.05, 0) is 70.6 Å². The van der Waals surface area contributed by atoms with Crippen molar-refractivity contribution in [2.24, 2.45) is 0 Å². The first-order valence-electron chi connectivity index (χ1n) is 23.5. The van der Waals surface area contributed by atoms with Crippen molar-refractivity contribution < 1.29 is 24.2 Å². The van der Waals surface area contributed by atoms with Gasteiger partial charge >= 0.3 is 11.9 Å². The third kappa shape index (κ3) is 42.6. The third-order valence-corrected chi connectivity index (χ3v) is 10.6. The standard InChI is InChI=1S/C48H89NO5/c1-3-5-7-9-11-13-15-17-18-19-20-21-22-24-26-28-30-35-39-43-48(53)54-45(41-37-33-31-34-38-42-46(50)49-44-47(51)52)40-36-32-29-27-25-23-16-14-12-10-8-6-4-2/h11,13,17-18,45H,3-10,12,14-16,19-44H2,1-2H3,(H,49,50)(H,51,52)/b13-11-,18-17-. The minimum Gasteiger partial charge on any atom is -0.480 e. The van der Waals surface area contributed by atoms with Gasteiger partial charge in [0.15, 0.2) is 0 Å². The number of carbonyl (C=O) groups excluding carboxylic acids is 2. The maximum atomic E-state index is 12.8. The van der Waals surface area contributed by atoms with E-state index >= 15 is 0 Å². The predicted octanol–water partition coefficient (Wildman–Crippen LogP) is 14.7. The average Bonchev–Trinajstić information content (AvgIpc) is 3.16. The van der Waals surface area contributed by atoms with Gasteiger partial charge in [-0.25, -0.2) is 0 Å². The topological polar surface area (TPSA) is 92.7 Å². The predicted molar refractivity (Wildman–Crippen MR) is 231 cm³/mol. The Morgan fingerprint density at radius 3 is 1.31 bits per heavy atom. The van der Waals surface area contributed by atoms with Crippen LogP contribution in [0.5, 0.6) is 0 Å². The van der Waals surface area contributed by atoms with E-state index in [1.54, 1.807) is 0 Å². The Bertz CT molecular complexity index is 884. The van der Waals surface area contributed by atoms with Gasteiger partial charge in [-0.15, -0.1) is 0 Å². The van der Waals surface area contributed by atoms with Gasteiger partial charge in [0.05, 0.1) is 0 Å². The van der Waals surface area contributed by atoms with E-state index in [1.807, 2.05) is 0 Å². The molecule has 0 saturated carbocycles. The van der Waals surface area contributed by atoms with E-state index in [-0.39, 0.29) is 24.5 Å². The number of hydrogen-bond acceptors (Lipinski definition) is 4. The van der Waals surface area contributed by atoms with E-state index in [4.69, 9.17) is 9.84 Å². The maximum Gasteiger partial charge on any atom is 0.322 e. The number of ether oxygens (including phenoxy) is 1. The molecule has 0 bridgehead atoms. The summed E-state index contributed by atoms with van der Waals surface area (Å²) in [5.74, 6) is -1.22. The number of carbonyl (C=O) groups is 3. The molecular formula is C48H89NO5. The molecule has 0 aliphatic carbocycles. The third-order valence-electron chi connectivity index (χ3n) is 10.6. The zero-order chi connectivity index (χ0) is 39.4. The largest absolute Gasteiger partial charge is 0.480 e. The second kappa shape index (κ2) is 43.6. The van der Waals surface area contributed by atoms with Gasteiger partial charge in [0, 0.05) is 12.8 Å². The lowest BCUT2D eigenvalue weighted by atomic mass is 10.0. The summed E-state index contributed by atoms with van der Waals surface area (Å²) in [5, 5.41) is 11.1. The number of carboxylic acid groups (broad SMARTS) is 1. The molecule has 0 radical (unpaired) electrons. The molecule has 0 aliphatic heterocycles. The molecule has 2 N–H and O–H groups in total. The SMILES string of the molecule is CCCCC/C=C\C/C=C\CCCCCCCCCCCC(=O)OC(CCCCCCCCCCCCCCC)CCCCCCCC(=O)NCC(=O)O. The van der Waals surface area contributed by atoms with Gasteiger partial charge in [-0.3, -0.25) is 14.4 Å². The Morgan fingerprint density at radius 1 is 0.481 bits per heavy atom. The van der Waals surface area contributed by atoms with Gasteiger partial charge in [0.25, 0.3) is 0 Å². The zero-order valence-electron chi connectivity index (χ0n) is 35.8. The lowest BCUT2D eigenvalue weighted by Crippen LogP contribution is -2.28. The highest BCUT2D eigenvalue weighted by Crippen LogP contribution is 2.19. The highest BCUT2D eigenvalue weighted by atomic mass is 16.5. The van der Waals surface area contributed by atoms with Gasteiger partial charge in [0.1, 0.15) is 12.6 Å². The number of hydrogen-bond donors (Lipinski definition) is 2. The molecule has 0 heterocycles. The highest BCUT2D eigenvalue weighted by molar-refractivity contribution is 5.80. The second-order valence-electron chi connectivity index (χ2n) is 16.0. The van der Waals surface area contributed by atoms with Gasteiger partial charge in [-0.1, -0.05) is 192 Å². The molecule has 54 heavy (non-hydrogen) atoms. The second-order valence-corrected chi connectivity index (χ2v) is 16.0. The summed E-state index contributed by atoms with van der Waals surface area (Å²) in [6, 6.07) is 0. The lowest BCUT2D eigenvalue weighted by molar-refractivity contribution is -0.150. The molecule has 0 aromatic carbocycles. The Morgan fingerprint density at radius 2 is 0.852 bits per heavy atom. The molecule has 6 heteroatoms. The highest BCUT2D eigenvalue weighted by Gasteiger charge is 2.14. The summed E-state index contributed by atoms with van der Waals surface area (Å²) in [6.45, 7) is 4.22. The number of rotatable bonds is 43. The Balaban J connectivity index is 4.10. The van der Waals surface area contributed by atoms with Crippen molar-refractivity contribution >= 4 is 17.8 Å². The Hall–Kier alpha value is -2.11. The maximum absolute atomic E-state index is 12.8. The molecule has 0 aliphatic rings. The van der Waals surface area contributed by atoms with Gasteiger partial charge in [-0.2, -0.15) is 0 Å². The number of nitrogens with one attached hydrogen (secondary N) is 1. The quantitative estimate of drug-likeness (QED) is 0.0367. The van der Waals surface area contributed by atoms with Crippen molar-refractivity contribution in [3.8, 4) is 0 Å². The Labute approximate surface area is 334 Å². The van der Waals surface area contributed by atoms with Crippen LogP contribution >= 0.6 is 0 Å². The molecule has 316 valence electrons. The number of amides is 1. The summed E-state index contributed by atoms with van der Waals surface area (Å²) in [7, 11) is 0. The number of aliphatic carboxylic acids is 1. The van der Waals surface area contributed by atoms with Crippen LogP contribution in [0.25, 0.3) is 0 Å². The van der Waals surface area contributed by atoms with E-state index in [1.165, 1.54) is 154 Å². The van der Waals surface area contributed by atoms with Crippen LogP contribution in [0.3, 0.4) is 0 Å². The number of carboxylic acids is 1. The molecule has 0 rings (SSSR count). The summed E-state index contributed by atoms with van der Waals surface area (Å²) in [4.78, 5) is 35.1. The minimum atomic E-state index is -1.01. The number of unbranched alkanes of at least 4 members (excludes halogenated alkanes) is 28. The van der Waals surface area contributed by atoms with Crippen molar-refractivity contribution in [1.29, 1.82) is 0 Å². The zero-order valence-corrected chi connectivity index (χ0v) is 35.8. The molecule has 0 fully saturated rings. The summed E-state index contributed by atoms with van der Waals surface area (Å²) in [5.41, 5.74) is 0. The minimum absolute atomic E-state index is 0.0147. The van der Waals surface area contributed by atoms with Crippen LogP contribution in [0.2, 0.25) is 0 Å². The van der Waals surface area contributed by atoms with Crippen molar-refractivity contribution in [2.75, 3.05) is 6.54 Å². The van der Waals surface area contributed by atoms with Crippen LogP contribution in [-0.2, 0) is 19.1 Å². The van der Waals surface area contributed by atoms with E-state index in [0.717, 1.165) is 70.6 Å². The summed E-state index contributed by atoms with van der Waals surface area (Å²) in [6.07, 6.45) is 53.1. The van der Waals surface area contributed by atoms with Crippen LogP contribution in [0, 0.1) is 0 Å². The lowest BCUT2D eigenvalue weighted by Gasteiger charge is -2.18.